The van der Waals surface area contributed by atoms with Gasteiger partial charge in [0.2, 0.25) is 5.91 Å². The molecule has 0 unspecified atom stereocenters. The van der Waals surface area contributed by atoms with Crippen LogP contribution in [0, 0.1) is 0 Å². The molecule has 5 heteroatoms. The van der Waals surface area contributed by atoms with Crippen LogP contribution in [-0.4, -0.2) is 22.6 Å². The molecule has 4 nitrogen and oxygen atoms in total. The molecule has 90 valence electrons. The van der Waals surface area contributed by atoms with Crippen molar-refractivity contribution in [2.75, 3.05) is 6.54 Å². The molecule has 0 radical (unpaired) electrons. The smallest absolute Gasteiger partial charge is 0.242 e. The average molecular weight is 252 g/mol. The van der Waals surface area contributed by atoms with Crippen LogP contribution >= 0.6 is 11.6 Å². The van der Waals surface area contributed by atoms with Crippen LogP contribution in [0.25, 0.3) is 0 Å². The molecule has 0 atom stereocenters. The Kier molecular flexibility index (Phi) is 3.98. The second-order valence-electron chi connectivity index (χ2n) is 3.90. The second-order valence-corrected chi connectivity index (χ2v) is 4.34. The fourth-order valence-corrected chi connectivity index (χ4v) is 1.86. The quantitative estimate of drug-likeness (QED) is 0.656. The lowest BCUT2D eigenvalue weighted by molar-refractivity contribution is -0.130. The molecule has 1 aromatic carbocycles. The molecular weight excluding hydrogens is 238 g/mol. The van der Waals surface area contributed by atoms with Crippen molar-refractivity contribution in [2.45, 2.75) is 19.3 Å². The minimum atomic E-state index is 0.0675. The van der Waals surface area contributed by atoms with Crippen molar-refractivity contribution < 1.29 is 4.79 Å². The molecule has 17 heavy (non-hydrogen) atoms. The van der Waals surface area contributed by atoms with Crippen molar-refractivity contribution >= 4 is 22.7 Å². The SMILES string of the molecule is O=C1CCCN1NN=C(Cl)Cc1ccccc1. The van der Waals surface area contributed by atoms with Crippen LogP contribution in [0.4, 0.5) is 0 Å². The van der Waals surface area contributed by atoms with Crippen LogP contribution in [0.15, 0.2) is 35.4 Å². The Morgan fingerprint density at radius 1 is 1.41 bits per heavy atom. The molecule has 0 saturated carbocycles. The summed E-state index contributed by atoms with van der Waals surface area (Å²) in [6.07, 6.45) is 2.02. The predicted octanol–water partition coefficient (Wildman–Crippen LogP) is 1.91. The van der Waals surface area contributed by atoms with Gasteiger partial charge in [-0.2, -0.15) is 5.10 Å². The number of hydrogen-bond donors (Lipinski definition) is 1. The van der Waals surface area contributed by atoms with E-state index in [-0.39, 0.29) is 5.91 Å². The van der Waals surface area contributed by atoms with E-state index in [1.54, 1.807) is 0 Å². The Morgan fingerprint density at radius 3 is 2.82 bits per heavy atom. The summed E-state index contributed by atoms with van der Waals surface area (Å²) < 4.78 is 0. The maximum Gasteiger partial charge on any atom is 0.242 e. The van der Waals surface area contributed by atoms with Gasteiger partial charge < -0.3 is 0 Å². The lowest BCUT2D eigenvalue weighted by atomic mass is 10.2. The summed E-state index contributed by atoms with van der Waals surface area (Å²) in [6, 6.07) is 9.83. The van der Waals surface area contributed by atoms with E-state index in [1.807, 2.05) is 30.3 Å². The van der Waals surface area contributed by atoms with Gasteiger partial charge in [-0.15, -0.1) is 0 Å². The average Bonchev–Trinajstić information content (AvgIpc) is 2.74. The summed E-state index contributed by atoms with van der Waals surface area (Å²) in [4.78, 5) is 11.3. The first-order valence-electron chi connectivity index (χ1n) is 5.58. The first-order valence-corrected chi connectivity index (χ1v) is 5.95. The van der Waals surface area contributed by atoms with Crippen molar-refractivity contribution in [3.63, 3.8) is 0 Å². The van der Waals surface area contributed by atoms with Crippen molar-refractivity contribution in [3.8, 4) is 0 Å². The van der Waals surface area contributed by atoms with Crippen LogP contribution in [0.2, 0.25) is 0 Å². The largest absolute Gasteiger partial charge is 0.273 e. The van der Waals surface area contributed by atoms with E-state index in [0.717, 1.165) is 12.0 Å². The zero-order valence-corrected chi connectivity index (χ0v) is 10.2. The third kappa shape index (κ3) is 3.46. The molecule has 0 spiro atoms. The molecule has 1 aromatic rings. The van der Waals surface area contributed by atoms with Crippen LogP contribution < -0.4 is 5.53 Å². The minimum absolute atomic E-state index is 0.0675. The van der Waals surface area contributed by atoms with Crippen LogP contribution in [0.5, 0.6) is 0 Å². The fourth-order valence-electron chi connectivity index (χ4n) is 1.67. The summed E-state index contributed by atoms with van der Waals surface area (Å²) in [5.74, 6) is 0.0675. The van der Waals surface area contributed by atoms with Gasteiger partial charge in [-0.25, -0.2) is 10.5 Å². The number of carbonyl (C=O) groups excluding carboxylic acids is 1. The van der Waals surface area contributed by atoms with Gasteiger partial charge in [0.05, 0.1) is 0 Å². The second kappa shape index (κ2) is 5.68. The highest BCUT2D eigenvalue weighted by Gasteiger charge is 2.19. The molecule has 0 bridgehead atoms. The van der Waals surface area contributed by atoms with Crippen molar-refractivity contribution in [1.82, 2.24) is 10.5 Å². The predicted molar refractivity (Wildman–Crippen MR) is 67.5 cm³/mol. The van der Waals surface area contributed by atoms with Crippen LogP contribution in [0.1, 0.15) is 18.4 Å². The van der Waals surface area contributed by atoms with Gasteiger partial charge in [-0.1, -0.05) is 41.9 Å². The molecular formula is C12H14ClN3O. The number of halogens is 1. The molecule has 1 N–H and O–H groups in total. The number of rotatable bonds is 4. The van der Waals surface area contributed by atoms with E-state index in [9.17, 15) is 4.79 Å². The third-order valence-electron chi connectivity index (χ3n) is 2.56. The third-order valence-corrected chi connectivity index (χ3v) is 2.78. The summed E-state index contributed by atoms with van der Waals surface area (Å²) in [7, 11) is 0. The summed E-state index contributed by atoms with van der Waals surface area (Å²) in [5, 5.41) is 5.92. The van der Waals surface area contributed by atoms with E-state index in [0.29, 0.717) is 24.6 Å². The Hall–Kier alpha value is -1.55. The van der Waals surface area contributed by atoms with Crippen molar-refractivity contribution in [3.05, 3.63) is 35.9 Å². The number of nitrogens with one attached hydrogen (secondary N) is 1. The lowest BCUT2D eigenvalue weighted by Crippen LogP contribution is -2.35. The normalized spacial score (nSPS) is 16.4. The van der Waals surface area contributed by atoms with Gasteiger partial charge in [0, 0.05) is 19.4 Å². The molecule has 0 aliphatic carbocycles. The Morgan fingerprint density at radius 2 is 2.18 bits per heavy atom. The van der Waals surface area contributed by atoms with E-state index >= 15 is 0 Å². The molecule has 1 amide bonds. The number of hydrogen-bond acceptors (Lipinski definition) is 3. The molecule has 1 saturated heterocycles. The molecule has 1 aliphatic rings. The number of amides is 1. The summed E-state index contributed by atoms with van der Waals surface area (Å²) >= 11 is 5.99. The first-order chi connectivity index (χ1) is 8.25. The van der Waals surface area contributed by atoms with E-state index in [2.05, 4.69) is 10.6 Å². The monoisotopic (exact) mass is 251 g/mol. The number of benzene rings is 1. The van der Waals surface area contributed by atoms with Gasteiger partial charge in [0.25, 0.3) is 0 Å². The molecule has 2 rings (SSSR count). The van der Waals surface area contributed by atoms with Crippen molar-refractivity contribution in [1.29, 1.82) is 0 Å². The first kappa shape index (κ1) is 11.9. The highest BCUT2D eigenvalue weighted by atomic mass is 35.5. The summed E-state index contributed by atoms with van der Waals surface area (Å²) in [6.45, 7) is 0.692. The number of nitrogens with zero attached hydrogens (tertiary/aromatic N) is 2. The molecule has 1 heterocycles. The minimum Gasteiger partial charge on any atom is -0.273 e. The maximum atomic E-state index is 11.3. The summed E-state index contributed by atoms with van der Waals surface area (Å²) in [5.41, 5.74) is 3.78. The standard InChI is InChI=1S/C12H14ClN3O/c13-11(9-10-5-2-1-3-6-10)14-15-16-8-4-7-12(16)17/h1-3,5-6,15H,4,7-9H2. The van der Waals surface area contributed by atoms with Gasteiger partial charge >= 0.3 is 0 Å². The van der Waals surface area contributed by atoms with E-state index in [4.69, 9.17) is 11.6 Å². The van der Waals surface area contributed by atoms with Crippen molar-refractivity contribution in [2.24, 2.45) is 5.10 Å². The Labute approximate surface area is 105 Å². The molecule has 0 aromatic heterocycles. The highest BCUT2D eigenvalue weighted by molar-refractivity contribution is 6.65. The number of hydrazine groups is 1. The van der Waals surface area contributed by atoms with E-state index < -0.39 is 0 Å². The zero-order chi connectivity index (χ0) is 12.1. The Bertz CT molecular complexity index is 419. The number of hydrazone groups is 1. The van der Waals surface area contributed by atoms with Gasteiger partial charge in [0.15, 0.2) is 0 Å². The topological polar surface area (TPSA) is 44.7 Å². The van der Waals surface area contributed by atoms with Gasteiger partial charge in [0.1, 0.15) is 5.17 Å². The molecule has 1 fully saturated rings. The van der Waals surface area contributed by atoms with Gasteiger partial charge in [-0.3, -0.25) is 4.79 Å². The highest BCUT2D eigenvalue weighted by Crippen LogP contribution is 2.07. The van der Waals surface area contributed by atoms with Crippen LogP contribution in [0.3, 0.4) is 0 Å². The van der Waals surface area contributed by atoms with E-state index in [1.165, 1.54) is 5.01 Å². The van der Waals surface area contributed by atoms with Gasteiger partial charge in [-0.05, 0) is 12.0 Å². The zero-order valence-electron chi connectivity index (χ0n) is 9.40. The maximum absolute atomic E-state index is 11.3. The molecule has 1 aliphatic heterocycles. The number of carbonyl (C=O) groups is 1. The van der Waals surface area contributed by atoms with Crippen LogP contribution in [-0.2, 0) is 11.2 Å². The Balaban J connectivity index is 1.87. The lowest BCUT2D eigenvalue weighted by Gasteiger charge is -2.13. The fraction of sp³-hybridized carbons (Fsp3) is 0.333.